The largest absolute Gasteiger partial charge is 0.444 e. The van der Waals surface area contributed by atoms with Crippen LogP contribution in [-0.4, -0.2) is 74.0 Å². The first-order chi connectivity index (χ1) is 12.0. The van der Waals surface area contributed by atoms with E-state index in [1.54, 1.807) is 27.7 Å². The first-order valence-electron chi connectivity index (χ1n) is 8.48. The van der Waals surface area contributed by atoms with Crippen LogP contribution in [0.5, 0.6) is 0 Å². The summed E-state index contributed by atoms with van der Waals surface area (Å²) in [5.74, 6) is -0.437. The second-order valence-corrected chi connectivity index (χ2v) is 7.46. The molecule has 0 bridgehead atoms. The molecule has 1 aliphatic rings. The monoisotopic (exact) mass is 366 g/mol. The maximum atomic E-state index is 12.6. The third-order valence-electron chi connectivity index (χ3n) is 3.82. The smallest absolute Gasteiger partial charge is 0.407 e. The molecule has 2 rings (SSSR count). The van der Waals surface area contributed by atoms with Gasteiger partial charge in [0.25, 0.3) is 5.91 Å². The number of alkyl carbamates (subject to hydrolysis) is 1. The van der Waals surface area contributed by atoms with Crippen molar-refractivity contribution in [3.8, 4) is 0 Å². The van der Waals surface area contributed by atoms with Crippen LogP contribution >= 0.6 is 0 Å². The van der Waals surface area contributed by atoms with Gasteiger partial charge in [-0.1, -0.05) is 0 Å². The van der Waals surface area contributed by atoms with Crippen LogP contribution in [-0.2, 0) is 4.74 Å². The van der Waals surface area contributed by atoms with Crippen LogP contribution in [0.4, 0.5) is 4.79 Å². The summed E-state index contributed by atoms with van der Waals surface area (Å²) in [6.07, 6.45) is 0.293. The van der Waals surface area contributed by atoms with Crippen LogP contribution in [0.15, 0.2) is 12.4 Å². The molecule has 1 aromatic rings. The molecule has 144 valence electrons. The fraction of sp³-hybridized carbons (Fsp3) is 0.647. The van der Waals surface area contributed by atoms with E-state index in [1.807, 2.05) is 0 Å². The number of nitrogens with one attached hydrogen (secondary N) is 1. The van der Waals surface area contributed by atoms with Crippen molar-refractivity contribution in [2.24, 2.45) is 0 Å². The Morgan fingerprint density at radius 1 is 1.23 bits per heavy atom. The highest BCUT2D eigenvalue weighted by Crippen LogP contribution is 2.16. The summed E-state index contributed by atoms with van der Waals surface area (Å²) in [6.45, 7) is 6.92. The number of likely N-dealkylation sites (tertiary alicyclic amines) is 1. The lowest BCUT2D eigenvalue weighted by Crippen LogP contribution is -2.48. The zero-order chi connectivity index (χ0) is 19.5. The van der Waals surface area contributed by atoms with E-state index in [0.717, 1.165) is 0 Å². The Bertz CT molecular complexity index is 644. The third-order valence-corrected chi connectivity index (χ3v) is 3.82. The normalized spacial score (nSPS) is 23.9. The number of nitrogens with zero attached hydrogens (tertiary/aromatic N) is 3. The molecule has 3 N–H and O–H groups in total. The van der Waals surface area contributed by atoms with E-state index in [9.17, 15) is 19.8 Å². The first kappa shape index (κ1) is 20.1. The van der Waals surface area contributed by atoms with E-state index in [1.165, 1.54) is 17.3 Å². The number of aryl methyl sites for hydroxylation is 1. The molecule has 9 nitrogen and oxygen atoms in total. The Kier molecular flexibility index (Phi) is 6.14. The Morgan fingerprint density at radius 2 is 1.92 bits per heavy atom. The fourth-order valence-electron chi connectivity index (χ4n) is 2.65. The van der Waals surface area contributed by atoms with Crippen LogP contribution in [0.2, 0.25) is 0 Å². The van der Waals surface area contributed by atoms with E-state index in [-0.39, 0.29) is 25.2 Å². The van der Waals surface area contributed by atoms with E-state index in [2.05, 4.69) is 15.3 Å². The first-order valence-corrected chi connectivity index (χ1v) is 8.48. The summed E-state index contributed by atoms with van der Waals surface area (Å²) in [5, 5.41) is 23.2. The van der Waals surface area contributed by atoms with Gasteiger partial charge in [-0.3, -0.25) is 9.78 Å². The number of hydrogen-bond donors (Lipinski definition) is 3. The molecule has 0 aromatic carbocycles. The average molecular weight is 366 g/mol. The van der Waals surface area contributed by atoms with Crippen LogP contribution in [0.25, 0.3) is 0 Å². The quantitative estimate of drug-likeness (QED) is 0.685. The zero-order valence-corrected chi connectivity index (χ0v) is 15.5. The number of aliphatic hydroxyl groups is 2. The molecule has 2 amide bonds. The van der Waals surface area contributed by atoms with Gasteiger partial charge in [0.2, 0.25) is 0 Å². The van der Waals surface area contributed by atoms with Crippen molar-refractivity contribution >= 4 is 12.0 Å². The van der Waals surface area contributed by atoms with Crippen LogP contribution < -0.4 is 5.32 Å². The van der Waals surface area contributed by atoms with Gasteiger partial charge < -0.3 is 25.2 Å². The van der Waals surface area contributed by atoms with Crippen LogP contribution in [0, 0.1) is 6.92 Å². The minimum atomic E-state index is -1.05. The summed E-state index contributed by atoms with van der Waals surface area (Å²) >= 11 is 0. The van der Waals surface area contributed by atoms with Gasteiger partial charge in [0.15, 0.2) is 0 Å². The molecular weight excluding hydrogens is 340 g/mol. The fourth-order valence-corrected chi connectivity index (χ4v) is 2.65. The summed E-state index contributed by atoms with van der Waals surface area (Å²) in [4.78, 5) is 33.9. The molecule has 1 fully saturated rings. The van der Waals surface area contributed by atoms with Gasteiger partial charge >= 0.3 is 6.09 Å². The van der Waals surface area contributed by atoms with Crippen molar-refractivity contribution in [3.05, 3.63) is 23.8 Å². The molecule has 0 radical (unpaired) electrons. The molecule has 0 spiro atoms. The second-order valence-electron chi connectivity index (χ2n) is 7.46. The zero-order valence-electron chi connectivity index (χ0n) is 15.5. The molecule has 2 heterocycles. The average Bonchev–Trinajstić information content (AvgIpc) is 2.64. The highest BCUT2D eigenvalue weighted by Gasteiger charge is 2.34. The van der Waals surface area contributed by atoms with E-state index in [0.29, 0.717) is 5.69 Å². The number of rotatable bonds is 2. The molecular formula is C17H26N4O5. The van der Waals surface area contributed by atoms with Gasteiger partial charge in [0, 0.05) is 19.3 Å². The Morgan fingerprint density at radius 3 is 2.50 bits per heavy atom. The molecule has 1 saturated heterocycles. The lowest BCUT2D eigenvalue weighted by molar-refractivity contribution is 0.0382. The number of carbonyl (C=O) groups excluding carboxylic acids is 2. The number of hydrogen-bond acceptors (Lipinski definition) is 7. The minimum absolute atomic E-state index is 0.0257. The third kappa shape index (κ3) is 5.63. The number of β-amino-alcohol motifs (C(OH)–C–C–N with tert-alkyl or cyclic N) is 2. The second kappa shape index (κ2) is 7.96. The Labute approximate surface area is 152 Å². The maximum absolute atomic E-state index is 12.6. The molecule has 3 atom stereocenters. The van der Waals surface area contributed by atoms with Gasteiger partial charge in [-0.25, -0.2) is 9.78 Å². The van der Waals surface area contributed by atoms with Crippen molar-refractivity contribution in [3.63, 3.8) is 0 Å². The number of carbonyl (C=O) groups is 2. The summed E-state index contributed by atoms with van der Waals surface area (Å²) < 4.78 is 5.18. The number of amides is 2. The molecule has 0 saturated carbocycles. The number of ether oxygens (including phenoxy) is 1. The van der Waals surface area contributed by atoms with Crippen molar-refractivity contribution in [1.82, 2.24) is 20.2 Å². The molecule has 9 heteroatoms. The number of aliphatic hydroxyl groups excluding tert-OH is 2. The SMILES string of the molecule is Cc1cnc(C(=O)N2C[C@H](O)C[C@@H](NC(=O)OC(C)(C)C)[C@H](O)C2)cn1. The van der Waals surface area contributed by atoms with Crippen molar-refractivity contribution in [2.45, 2.75) is 58.0 Å². The molecule has 0 unspecified atom stereocenters. The molecule has 1 aromatic heterocycles. The van der Waals surface area contributed by atoms with E-state index in [4.69, 9.17) is 4.74 Å². The summed E-state index contributed by atoms with van der Waals surface area (Å²) in [5.41, 5.74) is 0.137. The van der Waals surface area contributed by atoms with Gasteiger partial charge in [-0.15, -0.1) is 0 Å². The van der Waals surface area contributed by atoms with Crippen molar-refractivity contribution in [1.29, 1.82) is 0 Å². The van der Waals surface area contributed by atoms with Crippen molar-refractivity contribution in [2.75, 3.05) is 13.1 Å². The summed E-state index contributed by atoms with van der Waals surface area (Å²) in [7, 11) is 0. The van der Waals surface area contributed by atoms with E-state index >= 15 is 0 Å². The van der Waals surface area contributed by atoms with Gasteiger partial charge in [0.1, 0.15) is 11.3 Å². The van der Waals surface area contributed by atoms with Gasteiger partial charge in [-0.05, 0) is 34.1 Å². The lowest BCUT2D eigenvalue weighted by atomic mass is 10.1. The highest BCUT2D eigenvalue weighted by molar-refractivity contribution is 5.92. The maximum Gasteiger partial charge on any atom is 0.407 e. The topological polar surface area (TPSA) is 125 Å². The van der Waals surface area contributed by atoms with Gasteiger partial charge in [0.05, 0.1) is 30.1 Å². The van der Waals surface area contributed by atoms with Crippen LogP contribution in [0.3, 0.4) is 0 Å². The molecule has 1 aliphatic heterocycles. The van der Waals surface area contributed by atoms with E-state index < -0.39 is 35.9 Å². The predicted octanol–water partition coefficient (Wildman–Crippen LogP) is 0.246. The molecule has 0 aliphatic carbocycles. The predicted molar refractivity (Wildman–Crippen MR) is 92.5 cm³/mol. The molecule has 26 heavy (non-hydrogen) atoms. The Hall–Kier alpha value is -2.26. The lowest BCUT2D eigenvalue weighted by Gasteiger charge is -2.26. The standard InChI is InChI=1S/C17H26N4O5/c1-10-6-19-13(7-18-10)15(24)21-8-11(22)5-12(14(23)9-21)20-16(25)26-17(2,3)4/h6-7,11-12,14,22-23H,5,8-9H2,1-4H3,(H,20,25)/t11-,12-,14-/m1/s1. The Balaban J connectivity index is 2.05. The number of aromatic nitrogens is 2. The van der Waals surface area contributed by atoms with Crippen LogP contribution in [0.1, 0.15) is 43.4 Å². The van der Waals surface area contributed by atoms with Gasteiger partial charge in [-0.2, -0.15) is 0 Å². The highest BCUT2D eigenvalue weighted by atomic mass is 16.6. The summed E-state index contributed by atoms with van der Waals surface area (Å²) in [6, 6.07) is -0.734. The minimum Gasteiger partial charge on any atom is -0.444 e. The van der Waals surface area contributed by atoms with Crippen molar-refractivity contribution < 1.29 is 24.5 Å².